The molecule has 2 atom stereocenters. The van der Waals surface area contributed by atoms with Gasteiger partial charge in [-0.1, -0.05) is 45.9 Å². The Kier molecular flexibility index (Phi) is 9.83. The highest BCUT2D eigenvalue weighted by Gasteiger charge is 2.31. The summed E-state index contributed by atoms with van der Waals surface area (Å²) in [6.07, 6.45) is -2.39. The third kappa shape index (κ3) is 7.08. The van der Waals surface area contributed by atoms with Gasteiger partial charge in [-0.2, -0.15) is 0 Å². The van der Waals surface area contributed by atoms with Crippen LogP contribution in [0.4, 0.5) is 10.1 Å². The average Bonchev–Trinajstić information content (AvgIpc) is 3.19. The van der Waals surface area contributed by atoms with Crippen LogP contribution in [0.15, 0.2) is 54.6 Å². The molecular weight excluding hydrogens is 487 g/mol. The van der Waals surface area contributed by atoms with E-state index in [1.54, 1.807) is 12.1 Å². The van der Waals surface area contributed by atoms with Crippen molar-refractivity contribution >= 4 is 17.6 Å². The first-order valence-electron chi connectivity index (χ1n) is 13.0. The minimum Gasteiger partial charge on any atom is -0.481 e. The third-order valence-corrected chi connectivity index (χ3v) is 6.48. The van der Waals surface area contributed by atoms with E-state index in [1.807, 2.05) is 62.6 Å². The minimum absolute atomic E-state index is 0.0485. The smallest absolute Gasteiger partial charge is 0.305 e. The Morgan fingerprint density at radius 3 is 2.11 bits per heavy atom. The van der Waals surface area contributed by atoms with Crippen molar-refractivity contribution in [2.75, 3.05) is 5.32 Å². The molecule has 3 rings (SSSR count). The molecule has 204 valence electrons. The largest absolute Gasteiger partial charge is 0.481 e. The molecule has 1 amide bonds. The summed E-state index contributed by atoms with van der Waals surface area (Å²) in [5.74, 6) is -1.86. The molecule has 0 saturated heterocycles. The number of carbonyl (C=O) groups excluding carboxylic acids is 1. The first-order chi connectivity index (χ1) is 18.0. The number of carboxylic acids is 1. The van der Waals surface area contributed by atoms with Gasteiger partial charge in [0.25, 0.3) is 5.91 Å². The van der Waals surface area contributed by atoms with Crippen LogP contribution in [0.25, 0.3) is 11.3 Å². The van der Waals surface area contributed by atoms with Gasteiger partial charge in [-0.15, -0.1) is 0 Å². The van der Waals surface area contributed by atoms with Crippen LogP contribution in [-0.2, 0) is 11.3 Å². The summed E-state index contributed by atoms with van der Waals surface area (Å²) in [5.41, 5.74) is 4.37. The molecule has 3 aromatic rings. The summed E-state index contributed by atoms with van der Waals surface area (Å²) >= 11 is 0. The Hall–Kier alpha value is -3.49. The number of carbonyl (C=O) groups is 2. The third-order valence-electron chi connectivity index (χ3n) is 6.48. The molecule has 0 aliphatic carbocycles. The average molecular weight is 525 g/mol. The number of halogens is 1. The van der Waals surface area contributed by atoms with Gasteiger partial charge in [0.2, 0.25) is 0 Å². The maximum Gasteiger partial charge on any atom is 0.305 e. The molecule has 1 heterocycles. The van der Waals surface area contributed by atoms with Gasteiger partial charge in [0.1, 0.15) is 5.82 Å². The van der Waals surface area contributed by atoms with Crippen LogP contribution in [0, 0.1) is 5.82 Å². The molecule has 0 radical (unpaired) electrons. The molecule has 1 aromatic heterocycles. The number of para-hydroxylation sites is 1. The zero-order valence-electron chi connectivity index (χ0n) is 22.3. The minimum atomic E-state index is -1.16. The number of hydrogen-bond acceptors (Lipinski definition) is 4. The van der Waals surface area contributed by atoms with Crippen LogP contribution < -0.4 is 5.32 Å². The van der Waals surface area contributed by atoms with Crippen molar-refractivity contribution in [1.29, 1.82) is 0 Å². The molecule has 0 fully saturated rings. The van der Waals surface area contributed by atoms with Crippen LogP contribution in [0.5, 0.6) is 0 Å². The van der Waals surface area contributed by atoms with Gasteiger partial charge in [-0.3, -0.25) is 9.59 Å². The van der Waals surface area contributed by atoms with Gasteiger partial charge in [-0.05, 0) is 72.2 Å². The van der Waals surface area contributed by atoms with E-state index in [4.69, 9.17) is 5.11 Å². The predicted molar refractivity (Wildman–Crippen MR) is 146 cm³/mol. The number of carboxylic acid groups (broad SMARTS) is 1. The highest BCUT2D eigenvalue weighted by atomic mass is 19.1. The number of amides is 1. The lowest BCUT2D eigenvalue weighted by Gasteiger charge is -2.20. The summed E-state index contributed by atoms with van der Waals surface area (Å²) < 4.78 is 15.9. The standard InChI is InChI=1S/C30H37FN2O5/c1-18(2)26-27(30(38)32-22-8-6-5-7-9-22)28(19(3)4)33(29(26)20-10-12-21(31)13-11-20)15-14-23(34)16-24(35)17-25(36)37/h5-13,18-19,23-24,34-35H,14-17H2,1-4H3,(H,32,38)(H,36,37)/t23-,24-/m1/s1. The summed E-state index contributed by atoms with van der Waals surface area (Å²) in [4.78, 5) is 24.7. The highest BCUT2D eigenvalue weighted by Crippen LogP contribution is 2.40. The van der Waals surface area contributed by atoms with Gasteiger partial charge < -0.3 is 25.2 Å². The van der Waals surface area contributed by atoms with E-state index in [2.05, 4.69) is 5.32 Å². The fourth-order valence-corrected chi connectivity index (χ4v) is 4.92. The quantitative estimate of drug-likeness (QED) is 0.240. The van der Waals surface area contributed by atoms with E-state index < -0.39 is 24.6 Å². The van der Waals surface area contributed by atoms with Crippen LogP contribution in [0.2, 0.25) is 0 Å². The van der Waals surface area contributed by atoms with E-state index in [1.165, 1.54) is 12.1 Å². The van der Waals surface area contributed by atoms with Gasteiger partial charge >= 0.3 is 5.97 Å². The summed E-state index contributed by atoms with van der Waals surface area (Å²) in [6.45, 7) is 8.33. The van der Waals surface area contributed by atoms with Crippen LogP contribution in [-0.4, -0.2) is 44.0 Å². The topological polar surface area (TPSA) is 112 Å². The number of rotatable bonds is 12. The Labute approximate surface area is 222 Å². The second-order valence-corrected chi connectivity index (χ2v) is 10.2. The Bertz CT molecular complexity index is 1240. The van der Waals surface area contributed by atoms with Crippen LogP contribution in [0.1, 0.15) is 80.4 Å². The number of aliphatic hydroxyl groups is 2. The van der Waals surface area contributed by atoms with Crippen molar-refractivity contribution < 1.29 is 29.3 Å². The maximum absolute atomic E-state index is 13.8. The molecule has 4 N–H and O–H groups in total. The zero-order valence-corrected chi connectivity index (χ0v) is 22.3. The molecule has 0 aliphatic rings. The maximum atomic E-state index is 13.8. The lowest BCUT2D eigenvalue weighted by atomic mass is 9.92. The van der Waals surface area contributed by atoms with E-state index in [0.717, 1.165) is 22.5 Å². The number of nitrogens with zero attached hydrogens (tertiary/aromatic N) is 1. The second kappa shape index (κ2) is 12.8. The first kappa shape index (κ1) is 29.1. The lowest BCUT2D eigenvalue weighted by molar-refractivity contribution is -0.139. The van der Waals surface area contributed by atoms with Gasteiger partial charge in [0.15, 0.2) is 0 Å². The van der Waals surface area contributed by atoms with Crippen LogP contribution in [0.3, 0.4) is 0 Å². The molecule has 0 unspecified atom stereocenters. The highest BCUT2D eigenvalue weighted by molar-refractivity contribution is 6.08. The predicted octanol–water partition coefficient (Wildman–Crippen LogP) is 5.77. The van der Waals surface area contributed by atoms with E-state index in [0.29, 0.717) is 17.8 Å². The van der Waals surface area contributed by atoms with E-state index in [-0.39, 0.29) is 36.4 Å². The van der Waals surface area contributed by atoms with Crippen molar-refractivity contribution in [2.24, 2.45) is 0 Å². The van der Waals surface area contributed by atoms with Gasteiger partial charge in [0.05, 0.1) is 29.9 Å². The fourth-order valence-electron chi connectivity index (χ4n) is 4.92. The number of anilines is 1. The van der Waals surface area contributed by atoms with Crippen molar-refractivity contribution in [3.05, 3.63) is 77.2 Å². The summed E-state index contributed by atoms with van der Waals surface area (Å²) in [7, 11) is 0. The first-order valence-corrected chi connectivity index (χ1v) is 13.0. The monoisotopic (exact) mass is 524 g/mol. The molecule has 0 spiro atoms. The van der Waals surface area contributed by atoms with Gasteiger partial charge in [-0.25, -0.2) is 4.39 Å². The number of aromatic nitrogens is 1. The fraction of sp³-hybridized carbons (Fsp3) is 0.400. The van der Waals surface area contributed by atoms with Crippen molar-refractivity contribution in [1.82, 2.24) is 4.57 Å². The summed E-state index contributed by atoms with van der Waals surface area (Å²) in [5, 5.41) is 32.5. The molecule has 7 nitrogen and oxygen atoms in total. The van der Waals surface area contributed by atoms with E-state index in [9.17, 15) is 24.2 Å². The number of aliphatic carboxylic acids is 1. The van der Waals surface area contributed by atoms with Gasteiger partial charge in [0, 0.05) is 17.9 Å². The number of aliphatic hydroxyl groups excluding tert-OH is 2. The molecule has 2 aromatic carbocycles. The molecule has 0 saturated carbocycles. The number of nitrogens with one attached hydrogen (secondary N) is 1. The lowest BCUT2D eigenvalue weighted by Crippen LogP contribution is -2.22. The number of hydrogen-bond donors (Lipinski definition) is 4. The molecule has 0 aliphatic heterocycles. The zero-order chi connectivity index (χ0) is 28.0. The number of benzene rings is 2. The SMILES string of the molecule is CC(C)c1c(C(=O)Nc2ccccc2)c(C(C)C)n(CC[C@@H](O)C[C@@H](O)CC(=O)O)c1-c1ccc(F)cc1. The molecule has 8 heteroatoms. The van der Waals surface area contributed by atoms with Crippen molar-refractivity contribution in [2.45, 2.75) is 77.5 Å². The molecule has 38 heavy (non-hydrogen) atoms. The summed E-state index contributed by atoms with van der Waals surface area (Å²) in [6, 6.07) is 15.3. The van der Waals surface area contributed by atoms with Crippen LogP contribution >= 0.6 is 0 Å². The molecular formula is C30H37FN2O5. The second-order valence-electron chi connectivity index (χ2n) is 10.2. The van der Waals surface area contributed by atoms with E-state index >= 15 is 0 Å². The van der Waals surface area contributed by atoms with Crippen molar-refractivity contribution in [3.8, 4) is 11.3 Å². The Balaban J connectivity index is 2.12. The van der Waals surface area contributed by atoms with Crippen molar-refractivity contribution in [3.63, 3.8) is 0 Å². The normalized spacial score (nSPS) is 13.1. The molecule has 0 bridgehead atoms. The Morgan fingerprint density at radius 2 is 1.55 bits per heavy atom. The Morgan fingerprint density at radius 1 is 0.921 bits per heavy atom.